The summed E-state index contributed by atoms with van der Waals surface area (Å²) in [4.78, 5) is 4.41. The first kappa shape index (κ1) is 11.2. The summed E-state index contributed by atoms with van der Waals surface area (Å²) in [6.45, 7) is 1.92. The molecule has 0 bridgehead atoms. The number of hydrogen-bond acceptors (Lipinski definition) is 4. The first-order valence-electron chi connectivity index (χ1n) is 6.74. The van der Waals surface area contributed by atoms with E-state index < -0.39 is 0 Å². The molecule has 3 rings (SSSR count). The second-order valence-electron chi connectivity index (χ2n) is 4.96. The van der Waals surface area contributed by atoms with E-state index in [2.05, 4.69) is 10.3 Å². The van der Waals surface area contributed by atoms with Gasteiger partial charge in [0.05, 0.1) is 12.2 Å². The molecule has 0 aliphatic carbocycles. The van der Waals surface area contributed by atoms with E-state index in [1.165, 1.54) is 25.7 Å². The van der Waals surface area contributed by atoms with E-state index in [9.17, 15) is 0 Å². The maximum Gasteiger partial charge on any atom is 0.211 e. The third-order valence-electron chi connectivity index (χ3n) is 3.65. The van der Waals surface area contributed by atoms with E-state index in [1.54, 1.807) is 0 Å². The summed E-state index contributed by atoms with van der Waals surface area (Å²) in [6, 6.07) is 0.307. The van der Waals surface area contributed by atoms with Gasteiger partial charge in [0.1, 0.15) is 6.10 Å². The number of oxazole rings is 1. The number of piperidine rings is 1. The third kappa shape index (κ3) is 2.53. The summed E-state index contributed by atoms with van der Waals surface area (Å²) in [5.74, 6) is 1.75. The maximum absolute atomic E-state index is 5.86. The average molecular weight is 236 g/mol. The number of nitrogens with one attached hydrogen (secondary N) is 1. The molecule has 3 heterocycles. The Kier molecular flexibility index (Phi) is 3.43. The molecule has 2 saturated heterocycles. The van der Waals surface area contributed by atoms with Crippen LogP contribution in [0.4, 0.5) is 0 Å². The summed E-state index contributed by atoms with van der Waals surface area (Å²) in [7, 11) is 0. The van der Waals surface area contributed by atoms with Crippen LogP contribution in [0.3, 0.4) is 0 Å². The predicted molar refractivity (Wildman–Crippen MR) is 63.6 cm³/mol. The van der Waals surface area contributed by atoms with Crippen molar-refractivity contribution in [2.24, 2.45) is 0 Å². The van der Waals surface area contributed by atoms with Crippen LogP contribution in [0, 0.1) is 0 Å². The summed E-state index contributed by atoms with van der Waals surface area (Å²) in [5, 5.41) is 3.45. The Hall–Kier alpha value is -0.870. The summed E-state index contributed by atoms with van der Waals surface area (Å²) >= 11 is 0. The highest BCUT2D eigenvalue weighted by Gasteiger charge is 2.24. The molecule has 2 atom stereocenters. The molecule has 2 aliphatic rings. The van der Waals surface area contributed by atoms with Crippen LogP contribution in [-0.2, 0) is 4.74 Å². The van der Waals surface area contributed by atoms with Crippen LogP contribution in [-0.4, -0.2) is 18.1 Å². The molecule has 2 fully saturated rings. The molecule has 0 amide bonds. The number of aromatic nitrogens is 1. The zero-order chi connectivity index (χ0) is 11.5. The van der Waals surface area contributed by atoms with E-state index in [1.807, 2.05) is 6.20 Å². The first-order valence-corrected chi connectivity index (χ1v) is 6.74. The van der Waals surface area contributed by atoms with Gasteiger partial charge in [0.2, 0.25) is 5.89 Å². The lowest BCUT2D eigenvalue weighted by Crippen LogP contribution is -2.26. The molecule has 0 spiro atoms. The molecule has 94 valence electrons. The molecule has 4 nitrogen and oxygen atoms in total. The minimum absolute atomic E-state index is 0.133. The lowest BCUT2D eigenvalue weighted by atomic mass is 10.1. The molecular weight excluding hydrogens is 216 g/mol. The maximum atomic E-state index is 5.86. The van der Waals surface area contributed by atoms with Crippen LogP contribution < -0.4 is 5.32 Å². The molecule has 0 radical (unpaired) electrons. The topological polar surface area (TPSA) is 47.3 Å². The summed E-state index contributed by atoms with van der Waals surface area (Å²) < 4.78 is 11.6. The van der Waals surface area contributed by atoms with E-state index in [4.69, 9.17) is 9.15 Å². The van der Waals surface area contributed by atoms with Crippen molar-refractivity contribution in [2.45, 2.75) is 50.7 Å². The van der Waals surface area contributed by atoms with Crippen LogP contribution in [0.1, 0.15) is 62.3 Å². The SMILES string of the molecule is c1nc(C2CCCCN2)oc1C1CCCCO1. The third-order valence-corrected chi connectivity index (χ3v) is 3.65. The van der Waals surface area contributed by atoms with Gasteiger partial charge in [0.15, 0.2) is 5.76 Å². The fraction of sp³-hybridized carbons (Fsp3) is 0.769. The van der Waals surface area contributed by atoms with Crippen molar-refractivity contribution in [2.75, 3.05) is 13.2 Å². The van der Waals surface area contributed by atoms with Gasteiger partial charge >= 0.3 is 0 Å². The van der Waals surface area contributed by atoms with Crippen LogP contribution in [0.15, 0.2) is 10.6 Å². The molecule has 1 N–H and O–H groups in total. The summed E-state index contributed by atoms with van der Waals surface area (Å²) in [5.41, 5.74) is 0. The second-order valence-corrected chi connectivity index (χ2v) is 4.96. The molecule has 2 unspecified atom stereocenters. The first-order chi connectivity index (χ1) is 8.43. The quantitative estimate of drug-likeness (QED) is 0.857. The molecule has 4 heteroatoms. The van der Waals surface area contributed by atoms with Gasteiger partial charge in [0, 0.05) is 6.61 Å². The molecule has 1 aromatic heterocycles. The molecule has 0 aromatic carbocycles. The largest absolute Gasteiger partial charge is 0.441 e. The van der Waals surface area contributed by atoms with Crippen LogP contribution in [0.2, 0.25) is 0 Å². The van der Waals surface area contributed by atoms with Crippen LogP contribution in [0.5, 0.6) is 0 Å². The Balaban J connectivity index is 1.68. The van der Waals surface area contributed by atoms with E-state index in [0.717, 1.165) is 37.6 Å². The lowest BCUT2D eigenvalue weighted by molar-refractivity contribution is 0.000860. The molecular formula is C13H20N2O2. The Labute approximate surface area is 102 Å². The normalized spacial score (nSPS) is 30.4. The summed E-state index contributed by atoms with van der Waals surface area (Å²) in [6.07, 6.45) is 9.09. The average Bonchev–Trinajstić information content (AvgIpc) is 2.90. The van der Waals surface area contributed by atoms with Crippen molar-refractivity contribution in [3.8, 4) is 0 Å². The Bertz CT molecular complexity index is 320. The van der Waals surface area contributed by atoms with Crippen LogP contribution >= 0.6 is 0 Å². The van der Waals surface area contributed by atoms with Gasteiger partial charge < -0.3 is 14.5 Å². The molecule has 1 aromatic rings. The zero-order valence-corrected chi connectivity index (χ0v) is 10.2. The van der Waals surface area contributed by atoms with Gasteiger partial charge in [-0.1, -0.05) is 6.42 Å². The smallest absolute Gasteiger partial charge is 0.211 e. The van der Waals surface area contributed by atoms with Crippen molar-refractivity contribution >= 4 is 0 Å². The number of hydrogen-bond donors (Lipinski definition) is 1. The lowest BCUT2D eigenvalue weighted by Gasteiger charge is -2.21. The highest BCUT2D eigenvalue weighted by atomic mass is 16.5. The number of rotatable bonds is 2. The fourth-order valence-corrected chi connectivity index (χ4v) is 2.64. The van der Waals surface area contributed by atoms with Crippen molar-refractivity contribution < 1.29 is 9.15 Å². The van der Waals surface area contributed by atoms with Gasteiger partial charge in [-0.3, -0.25) is 0 Å². The Morgan fingerprint density at radius 2 is 2.12 bits per heavy atom. The fourth-order valence-electron chi connectivity index (χ4n) is 2.64. The number of nitrogens with zero attached hydrogens (tertiary/aromatic N) is 1. The highest BCUT2D eigenvalue weighted by molar-refractivity contribution is 5.02. The van der Waals surface area contributed by atoms with Gasteiger partial charge in [-0.05, 0) is 38.6 Å². The predicted octanol–water partition coefficient (Wildman–Crippen LogP) is 2.73. The Morgan fingerprint density at radius 3 is 2.88 bits per heavy atom. The minimum Gasteiger partial charge on any atom is -0.441 e. The monoisotopic (exact) mass is 236 g/mol. The molecule has 2 aliphatic heterocycles. The zero-order valence-electron chi connectivity index (χ0n) is 10.2. The van der Waals surface area contributed by atoms with E-state index in [0.29, 0.717) is 6.04 Å². The van der Waals surface area contributed by atoms with Gasteiger partial charge in [0.25, 0.3) is 0 Å². The number of ether oxygens (including phenoxy) is 1. The molecule has 17 heavy (non-hydrogen) atoms. The molecule has 0 saturated carbocycles. The van der Waals surface area contributed by atoms with Crippen molar-refractivity contribution in [3.05, 3.63) is 17.8 Å². The van der Waals surface area contributed by atoms with Gasteiger partial charge in [-0.2, -0.15) is 0 Å². The van der Waals surface area contributed by atoms with E-state index >= 15 is 0 Å². The Morgan fingerprint density at radius 1 is 1.18 bits per heavy atom. The van der Waals surface area contributed by atoms with Crippen molar-refractivity contribution in [1.29, 1.82) is 0 Å². The van der Waals surface area contributed by atoms with Crippen LogP contribution in [0.25, 0.3) is 0 Å². The standard InChI is InChI=1S/C13H20N2O2/c1-3-7-14-10(5-1)13-15-9-12(17-13)11-6-2-4-8-16-11/h9-11,14H,1-8H2. The highest BCUT2D eigenvalue weighted by Crippen LogP contribution is 2.30. The second kappa shape index (κ2) is 5.19. The minimum atomic E-state index is 0.133. The van der Waals surface area contributed by atoms with Gasteiger partial charge in [-0.15, -0.1) is 0 Å². The van der Waals surface area contributed by atoms with Gasteiger partial charge in [-0.25, -0.2) is 4.98 Å². The van der Waals surface area contributed by atoms with Crippen molar-refractivity contribution in [1.82, 2.24) is 10.3 Å². The van der Waals surface area contributed by atoms with Crippen molar-refractivity contribution in [3.63, 3.8) is 0 Å². The van der Waals surface area contributed by atoms with E-state index in [-0.39, 0.29) is 6.10 Å².